The Balaban J connectivity index is 1.30. The van der Waals surface area contributed by atoms with E-state index >= 15 is 0 Å². The standard InChI is InChI=1S/C24H31N3O2/c1-18-2-7-22(26-16-18)24(29)9-12-27(13-10-24)23(28)15-20-5-3-19(4-6-20)14-21-8-11-25-17-21/h2-7,16,21,25,29H,8-15,17H2,1H3. The number of carbonyl (C=O) groups excluding carboxylic acids is 1. The number of nitrogens with zero attached hydrogens (tertiary/aromatic N) is 2. The molecule has 0 bridgehead atoms. The second-order valence-electron chi connectivity index (χ2n) is 8.69. The highest BCUT2D eigenvalue weighted by molar-refractivity contribution is 5.78. The number of piperidine rings is 1. The van der Waals surface area contributed by atoms with Crippen LogP contribution in [0.3, 0.4) is 0 Å². The van der Waals surface area contributed by atoms with E-state index in [9.17, 15) is 9.90 Å². The number of hydrogen-bond donors (Lipinski definition) is 2. The minimum atomic E-state index is -0.929. The van der Waals surface area contributed by atoms with Crippen LogP contribution in [-0.4, -0.2) is 47.1 Å². The monoisotopic (exact) mass is 393 g/mol. The third-order valence-electron chi connectivity index (χ3n) is 6.40. The quantitative estimate of drug-likeness (QED) is 0.820. The van der Waals surface area contributed by atoms with Crippen LogP contribution in [0.1, 0.15) is 41.6 Å². The lowest BCUT2D eigenvalue weighted by molar-refractivity contribution is -0.135. The molecule has 2 aliphatic rings. The molecular formula is C24H31N3O2. The molecule has 1 aromatic heterocycles. The molecular weight excluding hydrogens is 362 g/mol. The second-order valence-corrected chi connectivity index (χ2v) is 8.69. The lowest BCUT2D eigenvalue weighted by Gasteiger charge is -2.38. The Morgan fingerprint density at radius 1 is 1.17 bits per heavy atom. The number of likely N-dealkylation sites (tertiary alicyclic amines) is 1. The van der Waals surface area contributed by atoms with Gasteiger partial charge in [0, 0.05) is 19.3 Å². The van der Waals surface area contributed by atoms with E-state index in [4.69, 9.17) is 0 Å². The first-order valence-electron chi connectivity index (χ1n) is 10.7. The van der Waals surface area contributed by atoms with Gasteiger partial charge in [-0.05, 0) is 74.4 Å². The van der Waals surface area contributed by atoms with Crippen molar-refractivity contribution in [1.29, 1.82) is 0 Å². The first kappa shape index (κ1) is 20.0. The number of carbonyl (C=O) groups is 1. The van der Waals surface area contributed by atoms with Crippen molar-refractivity contribution in [1.82, 2.24) is 15.2 Å². The number of amides is 1. The van der Waals surface area contributed by atoms with Crippen LogP contribution in [0.4, 0.5) is 0 Å². The molecule has 0 spiro atoms. The maximum atomic E-state index is 12.7. The van der Waals surface area contributed by atoms with Crippen molar-refractivity contribution in [3.05, 3.63) is 65.0 Å². The minimum absolute atomic E-state index is 0.136. The molecule has 2 saturated heterocycles. The molecule has 0 aliphatic carbocycles. The largest absolute Gasteiger partial charge is 0.383 e. The van der Waals surface area contributed by atoms with Gasteiger partial charge in [-0.2, -0.15) is 0 Å². The maximum Gasteiger partial charge on any atom is 0.226 e. The molecule has 2 aromatic rings. The zero-order valence-corrected chi connectivity index (χ0v) is 17.2. The fourth-order valence-corrected chi connectivity index (χ4v) is 4.43. The number of aryl methyl sites for hydroxylation is 1. The van der Waals surface area contributed by atoms with Crippen LogP contribution in [0, 0.1) is 12.8 Å². The summed E-state index contributed by atoms with van der Waals surface area (Å²) in [6.45, 7) is 5.36. The Morgan fingerprint density at radius 3 is 2.52 bits per heavy atom. The van der Waals surface area contributed by atoms with Crippen molar-refractivity contribution >= 4 is 5.91 Å². The van der Waals surface area contributed by atoms with Gasteiger partial charge in [0.05, 0.1) is 12.1 Å². The summed E-state index contributed by atoms with van der Waals surface area (Å²) >= 11 is 0. The van der Waals surface area contributed by atoms with Gasteiger partial charge in [-0.3, -0.25) is 9.78 Å². The highest BCUT2D eigenvalue weighted by Crippen LogP contribution is 2.31. The Bertz CT molecular complexity index is 818. The average molecular weight is 394 g/mol. The molecule has 154 valence electrons. The van der Waals surface area contributed by atoms with E-state index in [2.05, 4.69) is 34.6 Å². The number of hydrogen-bond acceptors (Lipinski definition) is 4. The normalized spacial score (nSPS) is 21.3. The Kier molecular flexibility index (Phi) is 5.97. The summed E-state index contributed by atoms with van der Waals surface area (Å²) in [5.74, 6) is 0.870. The van der Waals surface area contributed by atoms with Crippen LogP contribution in [0.15, 0.2) is 42.6 Å². The summed E-state index contributed by atoms with van der Waals surface area (Å²) in [7, 11) is 0. The number of aliphatic hydroxyl groups is 1. The van der Waals surface area contributed by atoms with E-state index in [1.807, 2.05) is 24.0 Å². The molecule has 2 N–H and O–H groups in total. The smallest absolute Gasteiger partial charge is 0.226 e. The summed E-state index contributed by atoms with van der Waals surface area (Å²) in [5.41, 5.74) is 3.27. The molecule has 4 rings (SSSR count). The summed E-state index contributed by atoms with van der Waals surface area (Å²) < 4.78 is 0. The molecule has 5 nitrogen and oxygen atoms in total. The molecule has 5 heteroatoms. The van der Waals surface area contributed by atoms with Gasteiger partial charge < -0.3 is 15.3 Å². The molecule has 0 saturated carbocycles. The van der Waals surface area contributed by atoms with Gasteiger partial charge in [0.15, 0.2) is 0 Å². The summed E-state index contributed by atoms with van der Waals surface area (Å²) in [6.07, 6.45) is 5.63. The van der Waals surface area contributed by atoms with Gasteiger partial charge >= 0.3 is 0 Å². The summed E-state index contributed by atoms with van der Waals surface area (Å²) in [4.78, 5) is 19.0. The van der Waals surface area contributed by atoms with E-state index in [0.29, 0.717) is 38.0 Å². The minimum Gasteiger partial charge on any atom is -0.383 e. The second kappa shape index (κ2) is 8.64. The molecule has 1 unspecified atom stereocenters. The Morgan fingerprint density at radius 2 is 1.90 bits per heavy atom. The van der Waals surface area contributed by atoms with Gasteiger partial charge in [-0.1, -0.05) is 30.3 Å². The zero-order valence-electron chi connectivity index (χ0n) is 17.2. The number of benzene rings is 1. The first-order valence-corrected chi connectivity index (χ1v) is 10.7. The third-order valence-corrected chi connectivity index (χ3v) is 6.40. The van der Waals surface area contributed by atoms with Crippen LogP contribution in [0.25, 0.3) is 0 Å². The lowest BCUT2D eigenvalue weighted by Crippen LogP contribution is -2.46. The van der Waals surface area contributed by atoms with Gasteiger partial charge in [0.2, 0.25) is 5.91 Å². The topological polar surface area (TPSA) is 65.5 Å². The molecule has 0 radical (unpaired) electrons. The molecule has 3 heterocycles. The maximum absolute atomic E-state index is 12.7. The molecule has 1 amide bonds. The van der Waals surface area contributed by atoms with Gasteiger partial charge in [0.1, 0.15) is 5.60 Å². The molecule has 2 aliphatic heterocycles. The number of nitrogens with one attached hydrogen (secondary N) is 1. The Labute approximate surface area is 173 Å². The van der Waals surface area contributed by atoms with Crippen molar-refractivity contribution in [2.45, 2.75) is 44.6 Å². The van der Waals surface area contributed by atoms with Crippen molar-refractivity contribution in [3.63, 3.8) is 0 Å². The van der Waals surface area contributed by atoms with Gasteiger partial charge in [-0.25, -0.2) is 0 Å². The van der Waals surface area contributed by atoms with Gasteiger partial charge in [0.25, 0.3) is 0 Å². The number of aromatic nitrogens is 1. The van der Waals surface area contributed by atoms with E-state index < -0.39 is 5.60 Å². The SMILES string of the molecule is Cc1ccc(C2(O)CCN(C(=O)Cc3ccc(CC4CCNC4)cc3)CC2)nc1. The molecule has 1 aromatic carbocycles. The van der Waals surface area contributed by atoms with Crippen LogP contribution >= 0.6 is 0 Å². The predicted molar refractivity (Wildman–Crippen MR) is 114 cm³/mol. The lowest BCUT2D eigenvalue weighted by atomic mass is 9.87. The number of rotatable bonds is 5. The van der Waals surface area contributed by atoms with Crippen LogP contribution in [0.5, 0.6) is 0 Å². The fourth-order valence-electron chi connectivity index (χ4n) is 4.43. The van der Waals surface area contributed by atoms with Crippen molar-refractivity contribution < 1.29 is 9.90 Å². The Hall–Kier alpha value is -2.24. The average Bonchev–Trinajstić information content (AvgIpc) is 3.23. The predicted octanol–water partition coefficient (Wildman–Crippen LogP) is 2.59. The van der Waals surface area contributed by atoms with E-state index in [1.54, 1.807) is 6.20 Å². The zero-order chi connectivity index (χ0) is 20.3. The number of pyridine rings is 1. The van der Waals surface area contributed by atoms with E-state index in [1.165, 1.54) is 12.0 Å². The highest BCUT2D eigenvalue weighted by Gasteiger charge is 2.36. The van der Waals surface area contributed by atoms with Crippen LogP contribution in [-0.2, 0) is 23.2 Å². The molecule has 29 heavy (non-hydrogen) atoms. The van der Waals surface area contributed by atoms with E-state index in [-0.39, 0.29) is 5.91 Å². The third kappa shape index (κ3) is 4.85. The van der Waals surface area contributed by atoms with Crippen LogP contribution < -0.4 is 5.32 Å². The molecule has 2 fully saturated rings. The van der Waals surface area contributed by atoms with Crippen molar-refractivity contribution in [2.24, 2.45) is 5.92 Å². The fraction of sp³-hybridized carbons (Fsp3) is 0.500. The van der Waals surface area contributed by atoms with Gasteiger partial charge in [-0.15, -0.1) is 0 Å². The summed E-state index contributed by atoms with van der Waals surface area (Å²) in [5, 5.41) is 14.4. The van der Waals surface area contributed by atoms with E-state index in [0.717, 1.165) is 36.6 Å². The first-order chi connectivity index (χ1) is 14.0. The van der Waals surface area contributed by atoms with Crippen LogP contribution in [0.2, 0.25) is 0 Å². The van der Waals surface area contributed by atoms with Crippen molar-refractivity contribution in [3.8, 4) is 0 Å². The molecule has 1 atom stereocenters. The highest BCUT2D eigenvalue weighted by atomic mass is 16.3. The summed E-state index contributed by atoms with van der Waals surface area (Å²) in [6, 6.07) is 12.4. The van der Waals surface area contributed by atoms with Crippen molar-refractivity contribution in [2.75, 3.05) is 26.2 Å².